The van der Waals surface area contributed by atoms with Gasteiger partial charge in [0.15, 0.2) is 0 Å². The molecule has 3 nitrogen and oxygen atoms in total. The van der Waals surface area contributed by atoms with Crippen LogP contribution in [0.2, 0.25) is 0 Å². The Balaban J connectivity index is 3.05. The molecule has 0 amide bonds. The lowest BCUT2D eigenvalue weighted by molar-refractivity contribution is 0.599. The van der Waals surface area contributed by atoms with E-state index >= 15 is 0 Å². The van der Waals surface area contributed by atoms with Gasteiger partial charge in [-0.3, -0.25) is 0 Å². The first-order chi connectivity index (χ1) is 6.94. The fourth-order valence-electron chi connectivity index (χ4n) is 1.48. The van der Waals surface area contributed by atoms with Crippen LogP contribution in [-0.4, -0.2) is 20.4 Å². The monoisotopic (exact) mass is 223 g/mol. The Bertz CT molecular complexity index is 486. The third-order valence-electron chi connectivity index (χ3n) is 2.19. The van der Waals surface area contributed by atoms with Crippen molar-refractivity contribution in [1.29, 1.82) is 5.26 Å². The number of nitriles is 1. The van der Waals surface area contributed by atoms with E-state index in [2.05, 4.69) is 0 Å². The van der Waals surface area contributed by atoms with Crippen molar-refractivity contribution in [3.05, 3.63) is 35.4 Å². The third kappa shape index (κ3) is 3.37. The van der Waals surface area contributed by atoms with Crippen molar-refractivity contribution < 1.29 is 8.42 Å². The number of hydrogen-bond acceptors (Lipinski definition) is 3. The molecule has 0 radical (unpaired) electrons. The number of hydrogen-bond donors (Lipinski definition) is 0. The van der Waals surface area contributed by atoms with E-state index in [9.17, 15) is 8.42 Å². The second-order valence-corrected chi connectivity index (χ2v) is 5.82. The maximum atomic E-state index is 11.1. The summed E-state index contributed by atoms with van der Waals surface area (Å²) in [5, 5.41) is 8.95. The average Bonchev–Trinajstić information content (AvgIpc) is 2.14. The van der Waals surface area contributed by atoms with Crippen LogP contribution in [0.25, 0.3) is 0 Å². The summed E-state index contributed by atoms with van der Waals surface area (Å²) in [6.07, 6.45) is 1.15. The van der Waals surface area contributed by atoms with Gasteiger partial charge >= 0.3 is 0 Å². The molecule has 0 fully saturated rings. The normalized spacial score (nSPS) is 13.1. The molecule has 1 rings (SSSR count). The molecule has 0 aliphatic carbocycles. The molecule has 0 heterocycles. The van der Waals surface area contributed by atoms with E-state index in [4.69, 9.17) is 5.26 Å². The fraction of sp³-hybridized carbons (Fsp3) is 0.364. The SMILES string of the molecule is Cc1ccccc1C(C#N)CS(C)(=O)=O. The van der Waals surface area contributed by atoms with Crippen molar-refractivity contribution >= 4 is 9.84 Å². The number of nitrogens with zero attached hydrogens (tertiary/aromatic N) is 1. The van der Waals surface area contributed by atoms with E-state index in [0.29, 0.717) is 0 Å². The van der Waals surface area contributed by atoms with Crippen molar-refractivity contribution in [2.45, 2.75) is 12.8 Å². The van der Waals surface area contributed by atoms with E-state index in [1.54, 1.807) is 6.07 Å². The molecule has 80 valence electrons. The van der Waals surface area contributed by atoms with Gasteiger partial charge < -0.3 is 0 Å². The fourth-order valence-corrected chi connectivity index (χ4v) is 2.34. The molecule has 0 N–H and O–H groups in total. The zero-order valence-corrected chi connectivity index (χ0v) is 9.58. The van der Waals surface area contributed by atoms with Gasteiger partial charge in [0.1, 0.15) is 9.84 Å². The van der Waals surface area contributed by atoms with Crippen LogP contribution in [0, 0.1) is 18.3 Å². The van der Waals surface area contributed by atoms with Gasteiger partial charge in [-0.1, -0.05) is 24.3 Å². The first kappa shape index (κ1) is 11.7. The highest BCUT2D eigenvalue weighted by Crippen LogP contribution is 2.20. The minimum absolute atomic E-state index is 0.117. The standard InChI is InChI=1S/C11H13NO2S/c1-9-5-3-4-6-11(9)10(7-12)8-15(2,13)14/h3-6,10H,8H2,1-2H3. The van der Waals surface area contributed by atoms with Gasteiger partial charge in [0.2, 0.25) is 0 Å². The Morgan fingerprint density at radius 1 is 1.40 bits per heavy atom. The Morgan fingerprint density at radius 2 is 2.00 bits per heavy atom. The second kappa shape index (κ2) is 4.45. The highest BCUT2D eigenvalue weighted by Gasteiger charge is 2.18. The van der Waals surface area contributed by atoms with E-state index < -0.39 is 15.8 Å². The summed E-state index contributed by atoms with van der Waals surface area (Å²) in [6, 6.07) is 9.40. The lowest BCUT2D eigenvalue weighted by Gasteiger charge is -2.10. The van der Waals surface area contributed by atoms with Gasteiger partial charge in [-0.25, -0.2) is 8.42 Å². The van der Waals surface area contributed by atoms with Crippen LogP contribution in [0.5, 0.6) is 0 Å². The van der Waals surface area contributed by atoms with Crippen molar-refractivity contribution in [1.82, 2.24) is 0 Å². The van der Waals surface area contributed by atoms with E-state index in [-0.39, 0.29) is 5.75 Å². The summed E-state index contributed by atoms with van der Waals surface area (Å²) in [6.45, 7) is 1.88. The summed E-state index contributed by atoms with van der Waals surface area (Å²) >= 11 is 0. The topological polar surface area (TPSA) is 57.9 Å². The van der Waals surface area contributed by atoms with Gasteiger partial charge in [-0.05, 0) is 18.1 Å². The Labute approximate surface area is 90.3 Å². The lowest BCUT2D eigenvalue weighted by atomic mass is 9.98. The number of benzene rings is 1. The molecule has 0 bridgehead atoms. The van der Waals surface area contributed by atoms with Crippen molar-refractivity contribution in [2.75, 3.05) is 12.0 Å². The molecule has 0 saturated heterocycles. The van der Waals surface area contributed by atoms with Crippen LogP contribution >= 0.6 is 0 Å². The van der Waals surface area contributed by atoms with Gasteiger partial charge in [-0.15, -0.1) is 0 Å². The van der Waals surface area contributed by atoms with Gasteiger partial charge in [0, 0.05) is 6.26 Å². The van der Waals surface area contributed by atoms with E-state index in [0.717, 1.165) is 17.4 Å². The summed E-state index contributed by atoms with van der Waals surface area (Å²) in [5.74, 6) is -0.685. The van der Waals surface area contributed by atoms with Crippen LogP contribution < -0.4 is 0 Å². The molecular formula is C11H13NO2S. The van der Waals surface area contributed by atoms with E-state index in [1.807, 2.05) is 31.2 Å². The second-order valence-electron chi connectivity index (χ2n) is 3.63. The molecule has 1 aromatic carbocycles. The lowest BCUT2D eigenvalue weighted by Crippen LogP contribution is -2.12. The van der Waals surface area contributed by atoms with Crippen LogP contribution in [0.15, 0.2) is 24.3 Å². The van der Waals surface area contributed by atoms with Crippen molar-refractivity contribution in [3.8, 4) is 6.07 Å². The molecule has 0 aliphatic rings. The smallest absolute Gasteiger partial charge is 0.149 e. The summed E-state index contributed by atoms with van der Waals surface area (Å²) in [4.78, 5) is 0. The predicted octanol–water partition coefficient (Wildman–Crippen LogP) is 1.65. The minimum atomic E-state index is -3.12. The average molecular weight is 223 g/mol. The number of rotatable bonds is 3. The van der Waals surface area contributed by atoms with Crippen molar-refractivity contribution in [3.63, 3.8) is 0 Å². The van der Waals surface area contributed by atoms with Crippen molar-refractivity contribution in [2.24, 2.45) is 0 Å². The molecule has 1 unspecified atom stereocenters. The maximum Gasteiger partial charge on any atom is 0.149 e. The van der Waals surface area contributed by atoms with Gasteiger partial charge in [0.05, 0.1) is 17.7 Å². The Morgan fingerprint density at radius 3 is 2.47 bits per heavy atom. The predicted molar refractivity (Wildman–Crippen MR) is 59.2 cm³/mol. The molecule has 1 atom stereocenters. The molecule has 0 aliphatic heterocycles. The third-order valence-corrected chi connectivity index (χ3v) is 3.13. The van der Waals surface area contributed by atoms with Crippen LogP contribution in [0.1, 0.15) is 17.0 Å². The highest BCUT2D eigenvalue weighted by atomic mass is 32.2. The Kier molecular flexibility index (Phi) is 3.48. The quantitative estimate of drug-likeness (QED) is 0.782. The van der Waals surface area contributed by atoms with E-state index in [1.165, 1.54) is 0 Å². The Hall–Kier alpha value is -1.34. The first-order valence-corrected chi connectivity index (χ1v) is 6.63. The summed E-state index contributed by atoms with van der Waals surface area (Å²) in [5.41, 5.74) is 1.75. The largest absolute Gasteiger partial charge is 0.229 e. The number of sulfone groups is 1. The molecule has 0 aromatic heterocycles. The summed E-state index contributed by atoms with van der Waals surface area (Å²) < 4.78 is 22.3. The zero-order valence-electron chi connectivity index (χ0n) is 8.77. The molecule has 0 saturated carbocycles. The van der Waals surface area contributed by atoms with Crippen LogP contribution in [0.4, 0.5) is 0 Å². The zero-order chi connectivity index (χ0) is 11.5. The maximum absolute atomic E-state index is 11.1. The summed E-state index contributed by atoms with van der Waals surface area (Å²) in [7, 11) is -3.12. The molecular weight excluding hydrogens is 210 g/mol. The molecule has 4 heteroatoms. The minimum Gasteiger partial charge on any atom is -0.229 e. The van der Waals surface area contributed by atoms with Crippen LogP contribution in [0.3, 0.4) is 0 Å². The number of aryl methyl sites for hydroxylation is 1. The molecule has 0 spiro atoms. The molecule has 1 aromatic rings. The van der Waals surface area contributed by atoms with Gasteiger partial charge in [0.25, 0.3) is 0 Å². The highest BCUT2D eigenvalue weighted by molar-refractivity contribution is 7.90. The van der Waals surface area contributed by atoms with Crippen LogP contribution in [-0.2, 0) is 9.84 Å². The first-order valence-electron chi connectivity index (χ1n) is 4.57. The van der Waals surface area contributed by atoms with Gasteiger partial charge in [-0.2, -0.15) is 5.26 Å². The molecule has 15 heavy (non-hydrogen) atoms.